The predicted octanol–water partition coefficient (Wildman–Crippen LogP) is 2.31. The number of methoxy groups -OCH3 is 1. The summed E-state index contributed by atoms with van der Waals surface area (Å²) in [6, 6.07) is 4.62. The smallest absolute Gasteiger partial charge is 0.435 e. The molecule has 2 heterocycles. The van der Waals surface area contributed by atoms with E-state index in [-0.39, 0.29) is 43.2 Å². The zero-order valence-electron chi connectivity index (χ0n) is 16.8. The summed E-state index contributed by atoms with van der Waals surface area (Å²) in [5, 5.41) is 9.12. The van der Waals surface area contributed by atoms with E-state index in [0.29, 0.717) is 16.5 Å². The minimum Gasteiger partial charge on any atom is -0.495 e. The molecule has 1 aliphatic rings. The van der Waals surface area contributed by atoms with Crippen molar-refractivity contribution in [2.45, 2.75) is 25.7 Å². The number of hydrogen-bond donors (Lipinski definition) is 2. The van der Waals surface area contributed by atoms with Crippen LogP contribution in [0.15, 0.2) is 18.2 Å². The van der Waals surface area contributed by atoms with Crippen LogP contribution in [0, 0.1) is 0 Å². The van der Waals surface area contributed by atoms with Crippen molar-refractivity contribution < 1.29 is 27.5 Å². The van der Waals surface area contributed by atoms with Gasteiger partial charge < -0.3 is 15.4 Å². The summed E-state index contributed by atoms with van der Waals surface area (Å²) in [5.74, 6) is -0.493. The summed E-state index contributed by atoms with van der Waals surface area (Å²) in [6.45, 7) is -0.0586. The van der Waals surface area contributed by atoms with Gasteiger partial charge in [-0.25, -0.2) is 0 Å². The topological polar surface area (TPSA) is 88.5 Å². The number of aromatic nitrogens is 2. The molecule has 0 saturated carbocycles. The minimum absolute atomic E-state index is 0.0361. The van der Waals surface area contributed by atoms with Crippen molar-refractivity contribution in [3.63, 3.8) is 0 Å². The van der Waals surface area contributed by atoms with Crippen LogP contribution in [-0.2, 0) is 35.3 Å². The number of amides is 2. The second-order valence-electron chi connectivity index (χ2n) is 6.96. The Kier molecular flexibility index (Phi) is 6.75. The van der Waals surface area contributed by atoms with Gasteiger partial charge in [-0.15, -0.1) is 0 Å². The number of halogens is 4. The van der Waals surface area contributed by atoms with Crippen molar-refractivity contribution in [3.8, 4) is 5.75 Å². The Morgan fingerprint density at radius 2 is 2.00 bits per heavy atom. The molecule has 168 valence electrons. The number of carbonyl (C=O) groups excluding carboxylic acids is 2. The molecule has 0 fully saturated rings. The van der Waals surface area contributed by atoms with Gasteiger partial charge in [0.15, 0.2) is 5.69 Å². The van der Waals surface area contributed by atoms with Gasteiger partial charge in [0.2, 0.25) is 11.8 Å². The number of alkyl halides is 3. The Balaban J connectivity index is 1.86. The molecule has 0 aliphatic carbocycles. The van der Waals surface area contributed by atoms with Gasteiger partial charge in [-0.2, -0.15) is 18.3 Å². The van der Waals surface area contributed by atoms with E-state index in [0.717, 1.165) is 4.68 Å². The van der Waals surface area contributed by atoms with Crippen LogP contribution in [0.3, 0.4) is 0 Å². The van der Waals surface area contributed by atoms with Crippen LogP contribution in [0.25, 0.3) is 0 Å². The quantitative estimate of drug-likeness (QED) is 0.692. The number of anilines is 1. The van der Waals surface area contributed by atoms with Gasteiger partial charge in [-0.05, 0) is 24.6 Å². The van der Waals surface area contributed by atoms with E-state index >= 15 is 0 Å². The standard InChI is InChI=1S/C19H21ClF3N5O3/c1-24-16(29)9-27-6-5-12-14(8-27)28(26-18(12)19(21,22)23)10-17(30)25-13-7-11(20)3-4-15(13)31-2/h3-4,7H,5-6,8-10H2,1-2H3,(H,24,29)(H,25,30). The molecular formula is C19H21ClF3N5O3. The molecule has 0 bridgehead atoms. The lowest BCUT2D eigenvalue weighted by Gasteiger charge is -2.27. The Labute approximate surface area is 181 Å². The van der Waals surface area contributed by atoms with Crippen LogP contribution >= 0.6 is 11.6 Å². The lowest BCUT2D eigenvalue weighted by molar-refractivity contribution is -0.142. The van der Waals surface area contributed by atoms with Crippen LogP contribution in [-0.4, -0.2) is 53.7 Å². The first-order valence-corrected chi connectivity index (χ1v) is 9.72. The third-order valence-corrected chi connectivity index (χ3v) is 5.10. The Morgan fingerprint density at radius 3 is 2.65 bits per heavy atom. The van der Waals surface area contributed by atoms with Gasteiger partial charge in [0, 0.05) is 30.7 Å². The first kappa shape index (κ1) is 22.9. The fraction of sp³-hybridized carbons (Fsp3) is 0.421. The molecule has 1 aromatic carbocycles. The molecule has 0 saturated heterocycles. The van der Waals surface area contributed by atoms with Crippen LogP contribution in [0.5, 0.6) is 5.75 Å². The van der Waals surface area contributed by atoms with Gasteiger partial charge in [0.25, 0.3) is 0 Å². The number of fused-ring (bicyclic) bond motifs is 1. The second-order valence-corrected chi connectivity index (χ2v) is 7.39. The van der Waals surface area contributed by atoms with E-state index in [1.807, 2.05) is 0 Å². The number of carbonyl (C=O) groups is 2. The predicted molar refractivity (Wildman–Crippen MR) is 107 cm³/mol. The number of nitrogens with one attached hydrogen (secondary N) is 2. The third-order valence-electron chi connectivity index (χ3n) is 4.86. The highest BCUT2D eigenvalue weighted by molar-refractivity contribution is 6.31. The first-order valence-electron chi connectivity index (χ1n) is 9.34. The van der Waals surface area contributed by atoms with Crippen molar-refractivity contribution >= 4 is 29.1 Å². The van der Waals surface area contributed by atoms with E-state index < -0.39 is 24.3 Å². The molecular weight excluding hydrogens is 439 g/mol. The van der Waals surface area contributed by atoms with Gasteiger partial charge in [0.05, 0.1) is 25.0 Å². The normalized spacial score (nSPS) is 14.1. The molecule has 0 spiro atoms. The highest BCUT2D eigenvalue weighted by Gasteiger charge is 2.40. The van der Waals surface area contributed by atoms with Gasteiger partial charge in [-0.1, -0.05) is 11.6 Å². The molecule has 1 aliphatic heterocycles. The molecule has 2 N–H and O–H groups in total. The summed E-state index contributed by atoms with van der Waals surface area (Å²) in [4.78, 5) is 26.0. The van der Waals surface area contributed by atoms with Crippen LogP contribution in [0.2, 0.25) is 5.02 Å². The number of nitrogens with zero attached hydrogens (tertiary/aromatic N) is 3. The highest BCUT2D eigenvalue weighted by Crippen LogP contribution is 2.35. The monoisotopic (exact) mass is 459 g/mol. The fourth-order valence-electron chi connectivity index (χ4n) is 3.41. The van der Waals surface area contributed by atoms with E-state index in [1.165, 1.54) is 20.2 Å². The molecule has 0 atom stereocenters. The largest absolute Gasteiger partial charge is 0.495 e. The van der Waals surface area contributed by atoms with Crippen LogP contribution in [0.4, 0.5) is 18.9 Å². The van der Waals surface area contributed by atoms with Crippen molar-refractivity contribution in [3.05, 3.63) is 40.2 Å². The van der Waals surface area contributed by atoms with Gasteiger partial charge in [-0.3, -0.25) is 19.2 Å². The molecule has 0 unspecified atom stereocenters. The average Bonchev–Trinajstić information content (AvgIpc) is 3.06. The SMILES string of the molecule is CNC(=O)CN1CCc2c(C(F)(F)F)nn(CC(=O)Nc3cc(Cl)ccc3OC)c2C1. The average molecular weight is 460 g/mol. The van der Waals surface area contributed by atoms with Crippen LogP contribution in [0.1, 0.15) is 17.0 Å². The lowest BCUT2D eigenvalue weighted by Crippen LogP contribution is -2.39. The summed E-state index contributed by atoms with van der Waals surface area (Å²) >= 11 is 5.95. The number of benzene rings is 1. The third kappa shape index (κ3) is 5.28. The van der Waals surface area contributed by atoms with Crippen molar-refractivity contribution in [2.24, 2.45) is 0 Å². The van der Waals surface area contributed by atoms with Crippen molar-refractivity contribution in [2.75, 3.05) is 32.6 Å². The van der Waals surface area contributed by atoms with E-state index in [1.54, 1.807) is 17.0 Å². The summed E-state index contributed by atoms with van der Waals surface area (Å²) < 4.78 is 46.7. The summed E-state index contributed by atoms with van der Waals surface area (Å²) in [5.41, 5.74) is -0.405. The number of likely N-dealkylation sites (N-methyl/N-ethyl adjacent to an activating group) is 1. The molecule has 31 heavy (non-hydrogen) atoms. The maximum atomic E-state index is 13.5. The lowest BCUT2D eigenvalue weighted by atomic mass is 10.0. The number of rotatable bonds is 6. The van der Waals surface area contributed by atoms with Gasteiger partial charge in [0.1, 0.15) is 12.3 Å². The first-order chi connectivity index (χ1) is 14.6. The molecule has 3 rings (SSSR count). The highest BCUT2D eigenvalue weighted by atomic mass is 35.5. The fourth-order valence-corrected chi connectivity index (χ4v) is 3.59. The van der Waals surface area contributed by atoms with Crippen LogP contribution < -0.4 is 15.4 Å². The second kappa shape index (κ2) is 9.15. The molecule has 12 heteroatoms. The Morgan fingerprint density at radius 1 is 1.26 bits per heavy atom. The Hall–Kier alpha value is -2.79. The zero-order chi connectivity index (χ0) is 22.8. The maximum Gasteiger partial charge on any atom is 0.435 e. The van der Waals surface area contributed by atoms with E-state index in [2.05, 4.69) is 15.7 Å². The maximum absolute atomic E-state index is 13.5. The number of ether oxygens (including phenoxy) is 1. The van der Waals surface area contributed by atoms with E-state index in [9.17, 15) is 22.8 Å². The Bertz CT molecular complexity index is 993. The molecule has 2 amide bonds. The van der Waals surface area contributed by atoms with Gasteiger partial charge >= 0.3 is 6.18 Å². The minimum atomic E-state index is -4.65. The molecule has 2 aromatic rings. The van der Waals surface area contributed by atoms with Crippen molar-refractivity contribution in [1.82, 2.24) is 20.0 Å². The number of hydrogen-bond acceptors (Lipinski definition) is 5. The zero-order valence-corrected chi connectivity index (χ0v) is 17.6. The summed E-state index contributed by atoms with van der Waals surface area (Å²) in [6.07, 6.45) is -4.57. The summed E-state index contributed by atoms with van der Waals surface area (Å²) in [7, 11) is 2.90. The molecule has 1 aromatic heterocycles. The molecule has 8 nitrogen and oxygen atoms in total. The molecule has 0 radical (unpaired) electrons. The van der Waals surface area contributed by atoms with E-state index in [4.69, 9.17) is 16.3 Å². The van der Waals surface area contributed by atoms with Crippen molar-refractivity contribution in [1.29, 1.82) is 0 Å².